The van der Waals surface area contributed by atoms with Crippen molar-refractivity contribution in [3.05, 3.63) is 0 Å². The van der Waals surface area contributed by atoms with Gasteiger partial charge in [0.05, 0.1) is 6.04 Å². The first-order valence-corrected chi connectivity index (χ1v) is 8.04. The Labute approximate surface area is 109 Å². The van der Waals surface area contributed by atoms with E-state index in [1.165, 1.54) is 32.1 Å². The second-order valence-electron chi connectivity index (χ2n) is 5.11. The molecule has 1 fully saturated rings. The van der Waals surface area contributed by atoms with Crippen LogP contribution in [0.4, 0.5) is 0 Å². The zero-order valence-electron chi connectivity index (χ0n) is 11.2. The van der Waals surface area contributed by atoms with Crippen LogP contribution in [0.15, 0.2) is 0 Å². The first-order valence-electron chi connectivity index (χ1n) is 6.64. The van der Waals surface area contributed by atoms with Crippen molar-refractivity contribution in [2.75, 3.05) is 25.6 Å². The van der Waals surface area contributed by atoms with Crippen molar-refractivity contribution in [1.82, 2.24) is 4.90 Å². The topological polar surface area (TPSA) is 46.3 Å². The molecule has 2 N–H and O–H groups in total. The Kier molecular flexibility index (Phi) is 6.97. The highest BCUT2D eigenvalue weighted by Gasteiger charge is 2.21. The Balaban J connectivity index is 2.29. The predicted molar refractivity (Wildman–Crippen MR) is 75.2 cm³/mol. The van der Waals surface area contributed by atoms with Gasteiger partial charge in [0.2, 0.25) is 5.91 Å². The number of likely N-dealkylation sites (N-methyl/N-ethyl adjacent to an activating group) is 1. The van der Waals surface area contributed by atoms with E-state index in [2.05, 4.69) is 0 Å². The zero-order chi connectivity index (χ0) is 12.7. The first-order chi connectivity index (χ1) is 8.15. The molecule has 0 saturated heterocycles. The average molecular weight is 258 g/mol. The van der Waals surface area contributed by atoms with Gasteiger partial charge in [-0.25, -0.2) is 0 Å². The van der Waals surface area contributed by atoms with E-state index in [4.69, 9.17) is 5.73 Å². The van der Waals surface area contributed by atoms with Crippen LogP contribution in [0, 0.1) is 5.92 Å². The number of hydrogen-bond donors (Lipinski definition) is 1. The Hall–Kier alpha value is -0.220. The van der Waals surface area contributed by atoms with Crippen LogP contribution in [0.3, 0.4) is 0 Å². The SMILES string of the molecule is CSCC[C@@H](N)C(=O)N(C)CC1CCCCC1. The van der Waals surface area contributed by atoms with Gasteiger partial charge in [0, 0.05) is 13.6 Å². The number of carbonyl (C=O) groups excluding carboxylic acids is 1. The predicted octanol–water partition coefficient (Wildman–Crippen LogP) is 2.11. The van der Waals surface area contributed by atoms with E-state index < -0.39 is 0 Å². The lowest BCUT2D eigenvalue weighted by Gasteiger charge is -2.28. The van der Waals surface area contributed by atoms with Gasteiger partial charge in [0.1, 0.15) is 0 Å². The molecule has 1 saturated carbocycles. The van der Waals surface area contributed by atoms with E-state index in [-0.39, 0.29) is 11.9 Å². The van der Waals surface area contributed by atoms with Crippen molar-refractivity contribution in [3.8, 4) is 0 Å². The lowest BCUT2D eigenvalue weighted by molar-refractivity contribution is -0.132. The fraction of sp³-hybridized carbons (Fsp3) is 0.923. The molecule has 1 atom stereocenters. The quantitative estimate of drug-likeness (QED) is 0.793. The van der Waals surface area contributed by atoms with Gasteiger partial charge >= 0.3 is 0 Å². The van der Waals surface area contributed by atoms with Gasteiger partial charge < -0.3 is 10.6 Å². The molecule has 4 heteroatoms. The molecule has 0 radical (unpaired) electrons. The molecule has 0 spiro atoms. The summed E-state index contributed by atoms with van der Waals surface area (Å²) in [6.45, 7) is 0.895. The second-order valence-corrected chi connectivity index (χ2v) is 6.10. The van der Waals surface area contributed by atoms with Gasteiger partial charge in [-0.3, -0.25) is 4.79 Å². The minimum Gasteiger partial charge on any atom is -0.344 e. The van der Waals surface area contributed by atoms with E-state index in [9.17, 15) is 4.79 Å². The molecular weight excluding hydrogens is 232 g/mol. The molecule has 17 heavy (non-hydrogen) atoms. The van der Waals surface area contributed by atoms with E-state index >= 15 is 0 Å². The van der Waals surface area contributed by atoms with Gasteiger partial charge in [-0.05, 0) is 37.2 Å². The molecule has 0 aromatic carbocycles. The van der Waals surface area contributed by atoms with Crippen molar-refractivity contribution in [3.63, 3.8) is 0 Å². The number of carbonyl (C=O) groups is 1. The maximum Gasteiger partial charge on any atom is 0.239 e. The normalized spacial score (nSPS) is 19.0. The summed E-state index contributed by atoms with van der Waals surface area (Å²) in [4.78, 5) is 13.9. The molecule has 1 aliphatic carbocycles. The molecule has 1 aliphatic rings. The van der Waals surface area contributed by atoms with Crippen LogP contribution < -0.4 is 5.73 Å². The van der Waals surface area contributed by atoms with Crippen LogP contribution in [-0.4, -0.2) is 42.4 Å². The number of hydrogen-bond acceptors (Lipinski definition) is 3. The standard InChI is InChI=1S/C13H26N2OS/c1-15(10-11-6-4-3-5-7-11)13(16)12(14)8-9-17-2/h11-12H,3-10,14H2,1-2H3/t12-/m1/s1. The Bertz CT molecular complexity index is 229. The maximum absolute atomic E-state index is 12.0. The average Bonchev–Trinajstić information content (AvgIpc) is 2.36. The first kappa shape index (κ1) is 14.8. The third-order valence-electron chi connectivity index (χ3n) is 3.58. The van der Waals surface area contributed by atoms with Crippen molar-refractivity contribution in [2.24, 2.45) is 11.7 Å². The molecule has 1 rings (SSSR count). The van der Waals surface area contributed by atoms with E-state index in [0.717, 1.165) is 18.7 Å². The molecule has 0 aromatic heterocycles. The van der Waals surface area contributed by atoms with Crippen LogP contribution in [-0.2, 0) is 4.79 Å². The minimum atomic E-state index is -0.309. The summed E-state index contributed by atoms with van der Waals surface area (Å²) in [7, 11) is 1.90. The molecule has 100 valence electrons. The summed E-state index contributed by atoms with van der Waals surface area (Å²) in [5.41, 5.74) is 5.90. The van der Waals surface area contributed by atoms with Gasteiger partial charge in [-0.15, -0.1) is 0 Å². The smallest absolute Gasteiger partial charge is 0.239 e. The highest BCUT2D eigenvalue weighted by Crippen LogP contribution is 2.24. The fourth-order valence-electron chi connectivity index (χ4n) is 2.50. The number of thioether (sulfide) groups is 1. The summed E-state index contributed by atoms with van der Waals surface area (Å²) in [6.07, 6.45) is 9.39. The fourth-order valence-corrected chi connectivity index (χ4v) is 2.99. The third kappa shape index (κ3) is 5.30. The summed E-state index contributed by atoms with van der Waals surface area (Å²) in [5.74, 6) is 1.78. The van der Waals surface area contributed by atoms with Crippen LogP contribution in [0.25, 0.3) is 0 Å². The molecule has 0 unspecified atom stereocenters. The largest absolute Gasteiger partial charge is 0.344 e. The van der Waals surface area contributed by atoms with Gasteiger partial charge in [-0.2, -0.15) is 11.8 Å². The maximum atomic E-state index is 12.0. The van der Waals surface area contributed by atoms with Gasteiger partial charge in [0.25, 0.3) is 0 Å². The van der Waals surface area contributed by atoms with Crippen LogP contribution in [0.5, 0.6) is 0 Å². The van der Waals surface area contributed by atoms with Gasteiger partial charge in [-0.1, -0.05) is 19.3 Å². The van der Waals surface area contributed by atoms with Crippen molar-refractivity contribution in [2.45, 2.75) is 44.6 Å². The molecule has 1 amide bonds. The number of nitrogens with two attached hydrogens (primary N) is 1. The Morgan fingerprint density at radius 2 is 2.06 bits per heavy atom. The van der Waals surface area contributed by atoms with Crippen molar-refractivity contribution < 1.29 is 4.79 Å². The van der Waals surface area contributed by atoms with E-state index in [1.54, 1.807) is 11.8 Å². The number of nitrogens with zero attached hydrogens (tertiary/aromatic N) is 1. The van der Waals surface area contributed by atoms with Crippen molar-refractivity contribution >= 4 is 17.7 Å². The summed E-state index contributed by atoms with van der Waals surface area (Å²) < 4.78 is 0. The third-order valence-corrected chi connectivity index (χ3v) is 4.23. The summed E-state index contributed by atoms with van der Waals surface area (Å²) in [6, 6.07) is -0.309. The Morgan fingerprint density at radius 3 is 2.65 bits per heavy atom. The lowest BCUT2D eigenvalue weighted by Crippen LogP contribution is -2.44. The Morgan fingerprint density at radius 1 is 1.41 bits per heavy atom. The molecule has 0 aliphatic heterocycles. The number of amides is 1. The van der Waals surface area contributed by atoms with Gasteiger partial charge in [0.15, 0.2) is 0 Å². The zero-order valence-corrected chi connectivity index (χ0v) is 12.0. The number of rotatable bonds is 6. The van der Waals surface area contributed by atoms with Crippen molar-refractivity contribution in [1.29, 1.82) is 0 Å². The summed E-state index contributed by atoms with van der Waals surface area (Å²) >= 11 is 1.74. The highest BCUT2D eigenvalue weighted by molar-refractivity contribution is 7.98. The monoisotopic (exact) mass is 258 g/mol. The van der Waals surface area contributed by atoms with Crippen LogP contribution in [0.2, 0.25) is 0 Å². The van der Waals surface area contributed by atoms with Crippen LogP contribution in [0.1, 0.15) is 38.5 Å². The molecule has 0 heterocycles. The molecule has 3 nitrogen and oxygen atoms in total. The second kappa shape index (κ2) is 7.98. The van der Waals surface area contributed by atoms with E-state index in [0.29, 0.717) is 5.92 Å². The lowest BCUT2D eigenvalue weighted by atomic mass is 9.89. The minimum absolute atomic E-state index is 0.115. The highest BCUT2D eigenvalue weighted by atomic mass is 32.2. The van der Waals surface area contributed by atoms with E-state index in [1.807, 2.05) is 18.2 Å². The molecule has 0 aromatic rings. The molecule has 0 bridgehead atoms. The van der Waals surface area contributed by atoms with Crippen LogP contribution >= 0.6 is 11.8 Å². The summed E-state index contributed by atoms with van der Waals surface area (Å²) in [5, 5.41) is 0. The molecular formula is C13H26N2OS.